The molecule has 3 aromatic rings. The molecule has 2 heterocycles. The Morgan fingerprint density at radius 2 is 2.05 bits per heavy atom. The van der Waals surface area contributed by atoms with Crippen molar-refractivity contribution < 1.29 is 8.91 Å². The highest BCUT2D eigenvalue weighted by molar-refractivity contribution is 7.16. The molecule has 0 amide bonds. The zero-order valence-corrected chi connectivity index (χ0v) is 11.6. The molecular formula is C14H12FN3OS. The summed E-state index contributed by atoms with van der Waals surface area (Å²) in [5.41, 5.74) is 7.41. The van der Waals surface area contributed by atoms with E-state index in [1.165, 1.54) is 28.3 Å². The van der Waals surface area contributed by atoms with Gasteiger partial charge in [-0.3, -0.25) is 0 Å². The number of aromatic nitrogens is 2. The fourth-order valence-electron chi connectivity index (χ4n) is 1.85. The number of hydrogen-bond donors (Lipinski definition) is 1. The van der Waals surface area contributed by atoms with Crippen molar-refractivity contribution in [3.8, 4) is 22.8 Å². The molecular weight excluding hydrogens is 277 g/mol. The Morgan fingerprint density at radius 1 is 1.30 bits per heavy atom. The van der Waals surface area contributed by atoms with E-state index in [0.29, 0.717) is 22.3 Å². The predicted octanol–water partition coefficient (Wildman–Crippen LogP) is 3.75. The lowest BCUT2D eigenvalue weighted by Gasteiger charge is -1.92. The largest absolute Gasteiger partial charge is 0.390 e. The number of nitrogens with two attached hydrogens (primary N) is 1. The average molecular weight is 289 g/mol. The lowest BCUT2D eigenvalue weighted by molar-refractivity contribution is 0.432. The monoisotopic (exact) mass is 289 g/mol. The van der Waals surface area contributed by atoms with Gasteiger partial charge in [-0.05, 0) is 36.8 Å². The molecule has 0 saturated heterocycles. The highest BCUT2D eigenvalue weighted by Gasteiger charge is 2.15. The third kappa shape index (κ3) is 2.30. The fraction of sp³-hybridized carbons (Fsp3) is 0.143. The van der Waals surface area contributed by atoms with Crippen LogP contribution in [0, 0.1) is 5.82 Å². The number of aryl methyl sites for hydroxylation is 1. The van der Waals surface area contributed by atoms with Crippen LogP contribution in [0.1, 0.15) is 11.8 Å². The summed E-state index contributed by atoms with van der Waals surface area (Å²) in [6, 6.07) is 7.90. The lowest BCUT2D eigenvalue weighted by Crippen LogP contribution is -1.84. The zero-order valence-electron chi connectivity index (χ0n) is 10.8. The minimum Gasteiger partial charge on any atom is -0.390 e. The van der Waals surface area contributed by atoms with E-state index in [1.54, 1.807) is 12.1 Å². The maximum atomic E-state index is 12.9. The molecule has 0 aliphatic carbocycles. The van der Waals surface area contributed by atoms with Crippen LogP contribution < -0.4 is 5.73 Å². The van der Waals surface area contributed by atoms with Gasteiger partial charge in [0.25, 0.3) is 5.89 Å². The van der Waals surface area contributed by atoms with Crippen molar-refractivity contribution in [2.24, 2.45) is 0 Å². The summed E-state index contributed by atoms with van der Waals surface area (Å²) in [7, 11) is 0. The molecule has 1 aromatic carbocycles. The van der Waals surface area contributed by atoms with Gasteiger partial charge in [0, 0.05) is 10.4 Å². The van der Waals surface area contributed by atoms with Gasteiger partial charge in [0.2, 0.25) is 5.82 Å². The van der Waals surface area contributed by atoms with Crippen LogP contribution in [-0.2, 0) is 6.42 Å². The second-order valence-corrected chi connectivity index (χ2v) is 5.44. The maximum Gasteiger partial charge on any atom is 0.261 e. The van der Waals surface area contributed by atoms with Crippen molar-refractivity contribution in [1.29, 1.82) is 0 Å². The van der Waals surface area contributed by atoms with Gasteiger partial charge < -0.3 is 10.3 Å². The van der Waals surface area contributed by atoms with Gasteiger partial charge in [-0.1, -0.05) is 12.1 Å². The Kier molecular flexibility index (Phi) is 3.23. The first-order chi connectivity index (χ1) is 9.67. The van der Waals surface area contributed by atoms with Crippen LogP contribution in [0.2, 0.25) is 0 Å². The highest BCUT2D eigenvalue weighted by Crippen LogP contribution is 2.34. The van der Waals surface area contributed by atoms with Crippen molar-refractivity contribution in [3.63, 3.8) is 0 Å². The SMILES string of the molecule is CCc1cc(-c2nc(-c3ccc(F)cc3)no2)c(N)s1. The van der Waals surface area contributed by atoms with Crippen LogP contribution in [0.5, 0.6) is 0 Å². The molecule has 0 aliphatic rings. The van der Waals surface area contributed by atoms with Crippen LogP contribution in [0.15, 0.2) is 34.9 Å². The number of halogens is 1. The van der Waals surface area contributed by atoms with Gasteiger partial charge >= 0.3 is 0 Å². The summed E-state index contributed by atoms with van der Waals surface area (Å²) >= 11 is 1.52. The summed E-state index contributed by atoms with van der Waals surface area (Å²) in [5.74, 6) is 0.508. The summed E-state index contributed by atoms with van der Waals surface area (Å²) in [6.07, 6.45) is 0.911. The number of hydrogen-bond acceptors (Lipinski definition) is 5. The Morgan fingerprint density at radius 3 is 2.70 bits per heavy atom. The first-order valence-electron chi connectivity index (χ1n) is 6.15. The highest BCUT2D eigenvalue weighted by atomic mass is 32.1. The molecule has 2 aromatic heterocycles. The van der Waals surface area contributed by atoms with Gasteiger partial charge in [-0.25, -0.2) is 4.39 Å². The molecule has 0 radical (unpaired) electrons. The van der Waals surface area contributed by atoms with Crippen molar-refractivity contribution in [2.45, 2.75) is 13.3 Å². The quantitative estimate of drug-likeness (QED) is 0.797. The first kappa shape index (κ1) is 12.8. The molecule has 0 atom stereocenters. The predicted molar refractivity (Wildman–Crippen MR) is 76.8 cm³/mol. The van der Waals surface area contributed by atoms with Crippen LogP contribution in [0.3, 0.4) is 0 Å². The normalized spacial score (nSPS) is 10.9. The molecule has 3 rings (SSSR count). The van der Waals surface area contributed by atoms with Gasteiger partial charge in [-0.2, -0.15) is 4.98 Å². The van der Waals surface area contributed by atoms with E-state index in [-0.39, 0.29) is 5.82 Å². The Hall–Kier alpha value is -2.21. The Balaban J connectivity index is 1.97. The molecule has 0 spiro atoms. The number of rotatable bonds is 3. The summed E-state index contributed by atoms with van der Waals surface area (Å²) in [5, 5.41) is 4.57. The molecule has 6 heteroatoms. The molecule has 20 heavy (non-hydrogen) atoms. The summed E-state index contributed by atoms with van der Waals surface area (Å²) in [6.45, 7) is 2.06. The van der Waals surface area contributed by atoms with E-state index in [9.17, 15) is 4.39 Å². The minimum absolute atomic E-state index is 0.299. The van der Waals surface area contributed by atoms with E-state index in [0.717, 1.165) is 12.0 Å². The number of thiophene rings is 1. The third-order valence-electron chi connectivity index (χ3n) is 2.92. The molecule has 2 N–H and O–H groups in total. The molecule has 0 aliphatic heterocycles. The lowest BCUT2D eigenvalue weighted by atomic mass is 10.2. The van der Waals surface area contributed by atoms with E-state index in [4.69, 9.17) is 10.3 Å². The summed E-state index contributed by atoms with van der Waals surface area (Å²) < 4.78 is 18.1. The smallest absolute Gasteiger partial charge is 0.261 e. The zero-order chi connectivity index (χ0) is 14.1. The van der Waals surface area contributed by atoms with Gasteiger partial charge in [0.15, 0.2) is 0 Å². The molecule has 4 nitrogen and oxygen atoms in total. The van der Waals surface area contributed by atoms with Gasteiger partial charge in [0.05, 0.1) is 10.6 Å². The molecule has 102 valence electrons. The topological polar surface area (TPSA) is 64.9 Å². The van der Waals surface area contributed by atoms with Crippen LogP contribution >= 0.6 is 11.3 Å². The third-order valence-corrected chi connectivity index (χ3v) is 4.03. The van der Waals surface area contributed by atoms with Crippen molar-refractivity contribution in [2.75, 3.05) is 5.73 Å². The first-order valence-corrected chi connectivity index (χ1v) is 6.97. The summed E-state index contributed by atoms with van der Waals surface area (Å²) in [4.78, 5) is 5.48. The second-order valence-electron chi connectivity index (χ2n) is 4.27. The van der Waals surface area contributed by atoms with Crippen molar-refractivity contribution in [1.82, 2.24) is 10.1 Å². The van der Waals surface area contributed by atoms with E-state index < -0.39 is 0 Å². The average Bonchev–Trinajstić information content (AvgIpc) is 3.06. The van der Waals surface area contributed by atoms with Gasteiger partial charge in [-0.15, -0.1) is 11.3 Å². The van der Waals surface area contributed by atoms with E-state index >= 15 is 0 Å². The molecule has 0 unspecified atom stereocenters. The second kappa shape index (κ2) is 5.05. The van der Waals surface area contributed by atoms with Crippen molar-refractivity contribution in [3.05, 3.63) is 41.0 Å². The van der Waals surface area contributed by atoms with Crippen LogP contribution in [0.25, 0.3) is 22.8 Å². The Labute approximate surface area is 119 Å². The number of nitrogens with zero attached hydrogens (tertiary/aromatic N) is 2. The molecule has 0 bridgehead atoms. The van der Waals surface area contributed by atoms with Gasteiger partial charge in [0.1, 0.15) is 5.82 Å². The number of benzene rings is 1. The molecule has 0 saturated carbocycles. The Bertz CT molecular complexity index is 733. The van der Waals surface area contributed by atoms with Crippen LogP contribution in [-0.4, -0.2) is 10.1 Å². The molecule has 0 fully saturated rings. The fourth-order valence-corrected chi connectivity index (χ4v) is 2.71. The standard InChI is InChI=1S/C14H12FN3OS/c1-2-10-7-11(12(16)20-10)14-17-13(18-19-14)8-3-5-9(15)6-4-8/h3-7H,2,16H2,1H3. The van der Waals surface area contributed by atoms with E-state index in [1.807, 2.05) is 6.07 Å². The van der Waals surface area contributed by atoms with E-state index in [2.05, 4.69) is 17.1 Å². The van der Waals surface area contributed by atoms with Crippen molar-refractivity contribution >= 4 is 16.3 Å². The maximum absolute atomic E-state index is 12.9. The minimum atomic E-state index is -0.299. The number of anilines is 1. The van der Waals surface area contributed by atoms with Crippen LogP contribution in [0.4, 0.5) is 9.39 Å². The number of nitrogen functional groups attached to an aromatic ring is 1.